The minimum absolute atomic E-state index is 0.229. The van der Waals surface area contributed by atoms with Crippen LogP contribution in [0.3, 0.4) is 0 Å². The number of aliphatic imine (C=N–C) groups is 1. The van der Waals surface area contributed by atoms with Gasteiger partial charge in [0.1, 0.15) is 0 Å². The van der Waals surface area contributed by atoms with Crippen molar-refractivity contribution in [1.29, 1.82) is 0 Å². The summed E-state index contributed by atoms with van der Waals surface area (Å²) in [4.78, 5) is 4.01. The number of hydrogen-bond acceptors (Lipinski definition) is 1. The standard InChI is InChI=1S/C26H35N/c1-6-21(17-19-27-5)12-9-8-10-13-22(7-2)20-23-14-11-15-25-24(23)16-18-26(25,3)4/h8-10,12,14,16-20H,6-7,11,13,15H2,1-5H3/b10-8-,12-9+,21-17+,22-20+,27-19?. The van der Waals surface area contributed by atoms with Crippen LogP contribution in [0.1, 0.15) is 59.8 Å². The maximum Gasteiger partial charge on any atom is 0.0277 e. The van der Waals surface area contributed by atoms with Crippen LogP contribution in [-0.4, -0.2) is 13.3 Å². The van der Waals surface area contributed by atoms with Crippen molar-refractivity contribution in [2.24, 2.45) is 10.4 Å². The van der Waals surface area contributed by atoms with E-state index in [1.54, 1.807) is 12.6 Å². The molecular formula is C26H35N. The lowest BCUT2D eigenvalue weighted by Crippen LogP contribution is -2.11. The lowest BCUT2D eigenvalue weighted by atomic mass is 9.80. The molecule has 0 N–H and O–H groups in total. The van der Waals surface area contributed by atoms with E-state index in [0.717, 1.165) is 19.3 Å². The van der Waals surface area contributed by atoms with Crippen molar-refractivity contribution in [2.45, 2.75) is 59.8 Å². The van der Waals surface area contributed by atoms with Crippen LogP contribution in [0.15, 0.2) is 87.5 Å². The first-order valence-corrected chi connectivity index (χ1v) is 10.3. The summed E-state index contributed by atoms with van der Waals surface area (Å²) in [5.74, 6) is 0. The van der Waals surface area contributed by atoms with Gasteiger partial charge in [-0.2, -0.15) is 0 Å². The van der Waals surface area contributed by atoms with E-state index < -0.39 is 0 Å². The molecule has 0 amide bonds. The molecular weight excluding hydrogens is 326 g/mol. The van der Waals surface area contributed by atoms with Crippen LogP contribution in [-0.2, 0) is 0 Å². The molecule has 0 heterocycles. The van der Waals surface area contributed by atoms with Gasteiger partial charge in [0.05, 0.1) is 0 Å². The van der Waals surface area contributed by atoms with E-state index in [-0.39, 0.29) is 5.41 Å². The average molecular weight is 362 g/mol. The van der Waals surface area contributed by atoms with E-state index in [1.807, 2.05) is 6.21 Å². The third-order valence-electron chi connectivity index (χ3n) is 5.44. The fraction of sp³-hybridized carbons (Fsp3) is 0.423. The van der Waals surface area contributed by atoms with E-state index in [1.165, 1.54) is 35.1 Å². The molecule has 2 rings (SSSR count). The van der Waals surface area contributed by atoms with E-state index in [9.17, 15) is 0 Å². The van der Waals surface area contributed by atoms with Gasteiger partial charge < -0.3 is 0 Å². The van der Waals surface area contributed by atoms with E-state index >= 15 is 0 Å². The van der Waals surface area contributed by atoms with Crippen LogP contribution >= 0.6 is 0 Å². The Morgan fingerprint density at radius 1 is 1.19 bits per heavy atom. The van der Waals surface area contributed by atoms with Crippen molar-refractivity contribution >= 4 is 6.21 Å². The van der Waals surface area contributed by atoms with Crippen LogP contribution in [0.4, 0.5) is 0 Å². The summed E-state index contributed by atoms with van der Waals surface area (Å²) in [5.41, 5.74) is 7.51. The summed E-state index contributed by atoms with van der Waals surface area (Å²) in [6, 6.07) is 0. The molecule has 27 heavy (non-hydrogen) atoms. The first kappa shape index (κ1) is 21.2. The van der Waals surface area contributed by atoms with Gasteiger partial charge in [0, 0.05) is 18.7 Å². The van der Waals surface area contributed by atoms with Crippen molar-refractivity contribution < 1.29 is 0 Å². The second-order valence-electron chi connectivity index (χ2n) is 7.80. The highest BCUT2D eigenvalue weighted by atomic mass is 14.6. The second kappa shape index (κ2) is 10.3. The lowest BCUT2D eigenvalue weighted by molar-refractivity contribution is 0.558. The Labute approximate surface area is 166 Å². The molecule has 0 aromatic rings. The van der Waals surface area contributed by atoms with Crippen molar-refractivity contribution in [3.05, 3.63) is 82.5 Å². The fourth-order valence-corrected chi connectivity index (χ4v) is 3.65. The van der Waals surface area contributed by atoms with Crippen LogP contribution in [0.25, 0.3) is 0 Å². The maximum absolute atomic E-state index is 4.01. The smallest absolute Gasteiger partial charge is 0.0277 e. The lowest BCUT2D eigenvalue weighted by Gasteiger charge is -2.25. The van der Waals surface area contributed by atoms with Crippen molar-refractivity contribution in [3.63, 3.8) is 0 Å². The molecule has 0 radical (unpaired) electrons. The van der Waals surface area contributed by atoms with E-state index in [4.69, 9.17) is 0 Å². The van der Waals surface area contributed by atoms with Gasteiger partial charge in [-0.15, -0.1) is 0 Å². The molecule has 2 aliphatic rings. The third-order valence-corrected chi connectivity index (χ3v) is 5.44. The van der Waals surface area contributed by atoms with Gasteiger partial charge in [-0.3, -0.25) is 4.99 Å². The van der Waals surface area contributed by atoms with Gasteiger partial charge in [-0.25, -0.2) is 0 Å². The molecule has 0 atom stereocenters. The molecule has 144 valence electrons. The Hall–Kier alpha value is -2.15. The van der Waals surface area contributed by atoms with Gasteiger partial charge in [-0.05, 0) is 54.9 Å². The van der Waals surface area contributed by atoms with Crippen molar-refractivity contribution in [3.8, 4) is 0 Å². The molecule has 0 aromatic heterocycles. The SMILES string of the molecule is CCC(/C=C/C=C\C/C(=C/C1=CCCC2=C1C=CC2(C)C)CC)=C\C=NC. The van der Waals surface area contributed by atoms with E-state index in [0.29, 0.717) is 0 Å². The zero-order valence-electron chi connectivity index (χ0n) is 17.8. The third kappa shape index (κ3) is 5.92. The summed E-state index contributed by atoms with van der Waals surface area (Å²) in [5, 5.41) is 0. The van der Waals surface area contributed by atoms with Gasteiger partial charge in [0.2, 0.25) is 0 Å². The molecule has 0 bridgehead atoms. The Bertz CT molecular complexity index is 758. The molecule has 0 unspecified atom stereocenters. The summed E-state index contributed by atoms with van der Waals surface area (Å²) < 4.78 is 0. The highest BCUT2D eigenvalue weighted by Crippen LogP contribution is 2.44. The summed E-state index contributed by atoms with van der Waals surface area (Å²) in [7, 11) is 1.80. The molecule has 0 fully saturated rings. The monoisotopic (exact) mass is 361 g/mol. The summed E-state index contributed by atoms with van der Waals surface area (Å²) in [6.07, 6.45) is 27.7. The molecule has 0 saturated heterocycles. The minimum atomic E-state index is 0.229. The number of rotatable bonds is 8. The maximum atomic E-state index is 4.01. The molecule has 1 heteroatoms. The first-order valence-electron chi connectivity index (χ1n) is 10.3. The Kier molecular flexibility index (Phi) is 8.03. The van der Waals surface area contributed by atoms with Crippen LogP contribution in [0.2, 0.25) is 0 Å². The summed E-state index contributed by atoms with van der Waals surface area (Å²) >= 11 is 0. The van der Waals surface area contributed by atoms with Gasteiger partial charge in [-0.1, -0.05) is 87.4 Å². The second-order valence-corrected chi connectivity index (χ2v) is 7.80. The molecule has 1 nitrogen and oxygen atoms in total. The van der Waals surface area contributed by atoms with Gasteiger partial charge in [0.15, 0.2) is 0 Å². The Balaban J connectivity index is 2.03. The highest BCUT2D eigenvalue weighted by molar-refractivity contribution is 5.72. The van der Waals surface area contributed by atoms with Crippen LogP contribution in [0, 0.1) is 5.41 Å². The minimum Gasteiger partial charge on any atom is -0.297 e. The predicted octanol–water partition coefficient (Wildman–Crippen LogP) is 7.48. The van der Waals surface area contributed by atoms with E-state index in [2.05, 4.69) is 87.4 Å². The molecule has 0 saturated carbocycles. The fourth-order valence-electron chi connectivity index (χ4n) is 3.65. The number of hydrogen-bond donors (Lipinski definition) is 0. The largest absolute Gasteiger partial charge is 0.297 e. The van der Waals surface area contributed by atoms with Crippen molar-refractivity contribution in [1.82, 2.24) is 0 Å². The Morgan fingerprint density at radius 3 is 2.70 bits per heavy atom. The predicted molar refractivity (Wildman–Crippen MR) is 121 cm³/mol. The summed E-state index contributed by atoms with van der Waals surface area (Å²) in [6.45, 7) is 9.09. The molecule has 0 aliphatic heterocycles. The van der Waals surface area contributed by atoms with Gasteiger partial charge >= 0.3 is 0 Å². The molecule has 0 spiro atoms. The topological polar surface area (TPSA) is 12.4 Å². The molecule has 2 aliphatic carbocycles. The van der Waals surface area contributed by atoms with Crippen LogP contribution in [0.5, 0.6) is 0 Å². The first-order chi connectivity index (χ1) is 13.0. The zero-order chi connectivity index (χ0) is 19.7. The quantitative estimate of drug-likeness (QED) is 0.314. The highest BCUT2D eigenvalue weighted by Gasteiger charge is 2.29. The van der Waals surface area contributed by atoms with Gasteiger partial charge in [0.25, 0.3) is 0 Å². The average Bonchev–Trinajstić information content (AvgIpc) is 2.98. The van der Waals surface area contributed by atoms with Crippen LogP contribution < -0.4 is 0 Å². The Morgan fingerprint density at radius 2 is 2.00 bits per heavy atom. The van der Waals surface area contributed by atoms with Crippen molar-refractivity contribution in [2.75, 3.05) is 7.05 Å². The molecule has 0 aromatic carbocycles. The number of allylic oxidation sites excluding steroid dienone is 14. The number of nitrogens with zero attached hydrogens (tertiary/aromatic N) is 1. The normalized spacial score (nSPS) is 20.4. The zero-order valence-corrected chi connectivity index (χ0v) is 17.8.